The lowest BCUT2D eigenvalue weighted by Gasteiger charge is -2.25. The first-order chi connectivity index (χ1) is 15.2. The highest BCUT2D eigenvalue weighted by Gasteiger charge is 2.25. The third-order valence-electron chi connectivity index (χ3n) is 5.32. The quantitative estimate of drug-likeness (QED) is 0.417. The largest absolute Gasteiger partial charge is 0.467 e. The first-order valence-electron chi connectivity index (χ1n) is 10.5. The zero-order valence-electron chi connectivity index (χ0n) is 17.4. The van der Waals surface area contributed by atoms with Crippen LogP contribution in [0.5, 0.6) is 0 Å². The van der Waals surface area contributed by atoms with Crippen molar-refractivity contribution in [3.8, 4) is 0 Å². The van der Waals surface area contributed by atoms with Gasteiger partial charge in [0.2, 0.25) is 5.91 Å². The van der Waals surface area contributed by atoms with Crippen LogP contribution in [-0.4, -0.2) is 11.9 Å². The summed E-state index contributed by atoms with van der Waals surface area (Å²) in [4.78, 5) is 13.2. The molecule has 0 fully saturated rings. The van der Waals surface area contributed by atoms with Gasteiger partial charge in [-0.1, -0.05) is 91.0 Å². The molecule has 4 nitrogen and oxygen atoms in total. The molecule has 2 N–H and O–H groups in total. The van der Waals surface area contributed by atoms with E-state index >= 15 is 0 Å². The first-order valence-corrected chi connectivity index (χ1v) is 10.5. The van der Waals surface area contributed by atoms with Crippen LogP contribution in [0.1, 0.15) is 41.5 Å². The van der Waals surface area contributed by atoms with E-state index in [9.17, 15) is 4.79 Å². The van der Waals surface area contributed by atoms with Crippen molar-refractivity contribution < 1.29 is 9.21 Å². The van der Waals surface area contributed by atoms with Gasteiger partial charge < -0.3 is 9.73 Å². The predicted octanol–water partition coefficient (Wildman–Crippen LogP) is 5.25. The van der Waals surface area contributed by atoms with Gasteiger partial charge in [-0.15, -0.1) is 0 Å². The Morgan fingerprint density at radius 2 is 1.16 bits per heavy atom. The smallest absolute Gasteiger partial charge is 0.237 e. The summed E-state index contributed by atoms with van der Waals surface area (Å²) < 4.78 is 5.66. The van der Waals surface area contributed by atoms with Gasteiger partial charge in [0, 0.05) is 0 Å². The zero-order valence-corrected chi connectivity index (χ0v) is 17.4. The average Bonchev–Trinajstić information content (AvgIpc) is 3.37. The van der Waals surface area contributed by atoms with E-state index in [0.717, 1.165) is 22.5 Å². The lowest BCUT2D eigenvalue weighted by molar-refractivity contribution is -0.123. The molecule has 1 amide bonds. The lowest BCUT2D eigenvalue weighted by atomic mass is 9.98. The van der Waals surface area contributed by atoms with Gasteiger partial charge >= 0.3 is 0 Å². The van der Waals surface area contributed by atoms with Crippen molar-refractivity contribution >= 4 is 5.91 Å². The molecule has 0 unspecified atom stereocenters. The molecule has 2 atom stereocenters. The van der Waals surface area contributed by atoms with Crippen molar-refractivity contribution in [2.45, 2.75) is 25.0 Å². The van der Waals surface area contributed by atoms with E-state index in [1.165, 1.54) is 0 Å². The summed E-state index contributed by atoms with van der Waals surface area (Å²) in [6.45, 7) is 1.88. The molecule has 0 bridgehead atoms. The second kappa shape index (κ2) is 9.92. The minimum atomic E-state index is -0.440. The summed E-state index contributed by atoms with van der Waals surface area (Å²) in [5, 5.41) is 6.66. The van der Waals surface area contributed by atoms with Crippen LogP contribution >= 0.6 is 0 Å². The Bertz CT molecular complexity index is 1020. The monoisotopic (exact) mass is 410 g/mol. The maximum Gasteiger partial charge on any atom is 0.237 e. The van der Waals surface area contributed by atoms with Gasteiger partial charge in [0.05, 0.1) is 24.4 Å². The van der Waals surface area contributed by atoms with Crippen molar-refractivity contribution in [1.29, 1.82) is 0 Å². The number of hydrogen-bond acceptors (Lipinski definition) is 3. The molecular formula is C27H26N2O2. The molecule has 0 saturated carbocycles. The minimum absolute atomic E-state index is 0.0785. The van der Waals surface area contributed by atoms with Crippen LogP contribution in [-0.2, 0) is 4.79 Å². The number of rotatable bonds is 8. The molecule has 4 rings (SSSR count). The maximum atomic E-state index is 13.2. The van der Waals surface area contributed by atoms with Gasteiger partial charge in [-0.25, -0.2) is 0 Å². The molecule has 1 aromatic heterocycles. The third kappa shape index (κ3) is 5.11. The Kier molecular flexibility index (Phi) is 6.60. The molecule has 0 spiro atoms. The van der Waals surface area contributed by atoms with Crippen LogP contribution in [0.2, 0.25) is 0 Å². The van der Waals surface area contributed by atoms with Crippen molar-refractivity contribution in [2.75, 3.05) is 0 Å². The number of nitrogens with one attached hydrogen (secondary N) is 2. The second-order valence-corrected chi connectivity index (χ2v) is 7.51. The molecule has 0 aliphatic rings. The van der Waals surface area contributed by atoms with E-state index in [0.29, 0.717) is 0 Å². The Hall–Kier alpha value is -3.63. The van der Waals surface area contributed by atoms with Crippen molar-refractivity contribution in [2.24, 2.45) is 0 Å². The molecule has 0 saturated heterocycles. The highest BCUT2D eigenvalue weighted by molar-refractivity contribution is 5.82. The standard InChI is InChI=1S/C27H26N2O2/c1-20(28-26(24-18-11-19-31-24)23-16-9-4-10-17-23)27(30)29-25(21-12-5-2-6-13-21)22-14-7-3-8-15-22/h2-20,25-26,28H,1H3,(H,29,30)/t20-,26-/m1/s1. The summed E-state index contributed by atoms with van der Waals surface area (Å²) in [5.74, 6) is 0.693. The van der Waals surface area contributed by atoms with E-state index in [2.05, 4.69) is 10.6 Å². The topological polar surface area (TPSA) is 54.3 Å². The van der Waals surface area contributed by atoms with Crippen LogP contribution < -0.4 is 10.6 Å². The average molecular weight is 411 g/mol. The summed E-state index contributed by atoms with van der Waals surface area (Å²) in [6.07, 6.45) is 1.65. The van der Waals surface area contributed by atoms with E-state index in [1.807, 2.05) is 110 Å². The lowest BCUT2D eigenvalue weighted by Crippen LogP contribution is -2.45. The van der Waals surface area contributed by atoms with E-state index in [1.54, 1.807) is 6.26 Å². The highest BCUT2D eigenvalue weighted by Crippen LogP contribution is 2.24. The zero-order chi connectivity index (χ0) is 21.5. The summed E-state index contributed by atoms with van der Waals surface area (Å²) in [6, 6.07) is 32.9. The van der Waals surface area contributed by atoms with Gasteiger partial charge in [0.1, 0.15) is 5.76 Å². The third-order valence-corrected chi connectivity index (χ3v) is 5.32. The maximum absolute atomic E-state index is 13.2. The molecule has 1 heterocycles. The Morgan fingerprint density at radius 3 is 1.61 bits per heavy atom. The van der Waals surface area contributed by atoms with Crippen LogP contribution in [0, 0.1) is 0 Å². The van der Waals surface area contributed by atoms with Crippen molar-refractivity contribution in [3.05, 3.63) is 132 Å². The molecular weight excluding hydrogens is 384 g/mol. The van der Waals surface area contributed by atoms with Gasteiger partial charge in [-0.2, -0.15) is 0 Å². The molecule has 31 heavy (non-hydrogen) atoms. The molecule has 4 aromatic rings. The number of benzene rings is 3. The Morgan fingerprint density at radius 1 is 0.677 bits per heavy atom. The molecule has 156 valence electrons. The molecule has 3 aromatic carbocycles. The van der Waals surface area contributed by atoms with E-state index in [4.69, 9.17) is 4.42 Å². The molecule has 4 heteroatoms. The van der Waals surface area contributed by atoms with Gasteiger partial charge in [0.25, 0.3) is 0 Å². The Labute approximate surface area is 182 Å². The van der Waals surface area contributed by atoms with Crippen molar-refractivity contribution in [1.82, 2.24) is 10.6 Å². The number of hydrogen-bond donors (Lipinski definition) is 2. The van der Waals surface area contributed by atoms with Crippen molar-refractivity contribution in [3.63, 3.8) is 0 Å². The molecule has 0 aliphatic heterocycles. The van der Waals surface area contributed by atoms with Crippen LogP contribution in [0.15, 0.2) is 114 Å². The van der Waals surface area contributed by atoms with E-state index in [-0.39, 0.29) is 18.0 Å². The number of carbonyl (C=O) groups is 1. The summed E-state index contributed by atoms with van der Waals surface area (Å²) in [5.41, 5.74) is 3.12. The molecule has 0 aliphatic carbocycles. The fraction of sp³-hybridized carbons (Fsp3) is 0.148. The fourth-order valence-electron chi connectivity index (χ4n) is 3.69. The van der Waals surface area contributed by atoms with Gasteiger partial charge in [-0.05, 0) is 35.7 Å². The second-order valence-electron chi connectivity index (χ2n) is 7.51. The predicted molar refractivity (Wildman–Crippen MR) is 122 cm³/mol. The number of carbonyl (C=O) groups excluding carboxylic acids is 1. The summed E-state index contributed by atoms with van der Waals surface area (Å²) >= 11 is 0. The minimum Gasteiger partial charge on any atom is -0.467 e. The van der Waals surface area contributed by atoms with Gasteiger partial charge in [-0.3, -0.25) is 10.1 Å². The SMILES string of the molecule is C[C@@H](N[C@H](c1ccccc1)c1ccco1)C(=O)NC(c1ccccc1)c1ccccc1. The fourth-order valence-corrected chi connectivity index (χ4v) is 3.69. The van der Waals surface area contributed by atoms with Crippen LogP contribution in [0.4, 0.5) is 0 Å². The van der Waals surface area contributed by atoms with Crippen LogP contribution in [0.3, 0.4) is 0 Å². The van der Waals surface area contributed by atoms with Crippen LogP contribution in [0.25, 0.3) is 0 Å². The normalized spacial score (nSPS) is 13.0. The Balaban J connectivity index is 1.54. The van der Waals surface area contributed by atoms with Gasteiger partial charge in [0.15, 0.2) is 0 Å². The molecule has 0 radical (unpaired) electrons. The first kappa shape index (κ1) is 20.6. The number of amides is 1. The summed E-state index contributed by atoms with van der Waals surface area (Å²) in [7, 11) is 0. The number of furan rings is 1. The highest BCUT2D eigenvalue weighted by atomic mass is 16.3. The van der Waals surface area contributed by atoms with E-state index < -0.39 is 6.04 Å².